The minimum atomic E-state index is -0.529. The van der Waals surface area contributed by atoms with Gasteiger partial charge in [-0.25, -0.2) is 0 Å². The summed E-state index contributed by atoms with van der Waals surface area (Å²) in [5.74, 6) is -0.843. The molecule has 1 aromatic rings. The predicted molar refractivity (Wildman–Crippen MR) is 98.7 cm³/mol. The number of ether oxygens (including phenoxy) is 2. The van der Waals surface area contributed by atoms with Crippen LogP contribution in [0.4, 0.5) is 11.4 Å². The quantitative estimate of drug-likeness (QED) is 0.292. The first-order valence-electron chi connectivity index (χ1n) is 8.95. The number of carbonyl (C=O) groups excluding carboxylic acids is 2. The topological polar surface area (TPSA) is 120 Å². The number of esters is 1. The number of benzene rings is 1. The monoisotopic (exact) mass is 379 g/mol. The van der Waals surface area contributed by atoms with Crippen LogP contribution >= 0.6 is 0 Å². The lowest BCUT2D eigenvalue weighted by Crippen LogP contribution is -2.33. The molecule has 2 unspecified atom stereocenters. The lowest BCUT2D eigenvalue weighted by atomic mass is 10.1. The van der Waals surface area contributed by atoms with Gasteiger partial charge in [0.2, 0.25) is 0 Å². The molecule has 0 heterocycles. The van der Waals surface area contributed by atoms with E-state index in [1.165, 1.54) is 18.2 Å². The van der Waals surface area contributed by atoms with Crippen LogP contribution in [0.3, 0.4) is 0 Å². The molecule has 9 heteroatoms. The molecule has 1 amide bonds. The summed E-state index contributed by atoms with van der Waals surface area (Å²) in [6.07, 6.45) is 1.85. The third-order valence-electron chi connectivity index (χ3n) is 4.47. The Morgan fingerprint density at radius 1 is 1.33 bits per heavy atom. The molecule has 1 fully saturated rings. The van der Waals surface area contributed by atoms with Crippen molar-refractivity contribution < 1.29 is 24.0 Å². The zero-order valence-corrected chi connectivity index (χ0v) is 15.5. The highest BCUT2D eigenvalue weighted by molar-refractivity contribution is 5.96. The average Bonchev–Trinajstić information content (AvgIpc) is 3.10. The van der Waals surface area contributed by atoms with E-state index < -0.39 is 10.8 Å². The molecule has 148 valence electrons. The zero-order valence-electron chi connectivity index (χ0n) is 15.5. The normalized spacial score (nSPS) is 18.7. The maximum atomic E-state index is 12.5. The molecule has 1 aliphatic carbocycles. The van der Waals surface area contributed by atoms with Crippen LogP contribution in [-0.2, 0) is 14.3 Å². The second kappa shape index (κ2) is 9.86. The van der Waals surface area contributed by atoms with E-state index >= 15 is 0 Å². The highest BCUT2D eigenvalue weighted by atomic mass is 16.6. The van der Waals surface area contributed by atoms with Crippen molar-refractivity contribution in [3.63, 3.8) is 0 Å². The molecule has 1 aromatic carbocycles. The highest BCUT2D eigenvalue weighted by Crippen LogP contribution is 2.28. The predicted octanol–water partition coefficient (Wildman–Crippen LogP) is 2.11. The fourth-order valence-corrected chi connectivity index (χ4v) is 3.12. The Labute approximate surface area is 157 Å². The Morgan fingerprint density at radius 2 is 2.11 bits per heavy atom. The molecule has 0 aromatic heterocycles. The first-order chi connectivity index (χ1) is 13.0. The smallest absolute Gasteiger partial charge is 0.308 e. The second-order valence-electron chi connectivity index (χ2n) is 6.34. The highest BCUT2D eigenvalue weighted by Gasteiger charge is 2.32. The lowest BCUT2D eigenvalue weighted by molar-refractivity contribution is -0.384. The maximum Gasteiger partial charge on any atom is 0.308 e. The Kier molecular flexibility index (Phi) is 7.54. The van der Waals surface area contributed by atoms with E-state index in [0.717, 1.165) is 0 Å². The number of hydrogen-bond donors (Lipinski definition) is 2. The van der Waals surface area contributed by atoms with Gasteiger partial charge in [-0.05, 0) is 38.3 Å². The number of hydrogen-bond acceptors (Lipinski definition) is 7. The lowest BCUT2D eigenvalue weighted by Gasteiger charge is -2.14. The van der Waals surface area contributed by atoms with E-state index in [-0.39, 0.29) is 29.2 Å². The van der Waals surface area contributed by atoms with Crippen molar-refractivity contribution in [2.75, 3.05) is 32.2 Å². The summed E-state index contributed by atoms with van der Waals surface area (Å²) in [5.41, 5.74) is 0.366. The van der Waals surface area contributed by atoms with E-state index in [9.17, 15) is 19.7 Å². The fourth-order valence-electron chi connectivity index (χ4n) is 3.12. The third kappa shape index (κ3) is 5.65. The first-order valence-corrected chi connectivity index (χ1v) is 8.95. The van der Waals surface area contributed by atoms with Crippen molar-refractivity contribution in [1.29, 1.82) is 0 Å². The zero-order chi connectivity index (χ0) is 19.8. The molecule has 1 saturated carbocycles. The number of carbonyl (C=O) groups is 2. The average molecular weight is 379 g/mol. The maximum absolute atomic E-state index is 12.5. The van der Waals surface area contributed by atoms with Gasteiger partial charge in [-0.2, -0.15) is 0 Å². The van der Waals surface area contributed by atoms with Gasteiger partial charge in [0.1, 0.15) is 5.69 Å². The molecule has 27 heavy (non-hydrogen) atoms. The van der Waals surface area contributed by atoms with Crippen LogP contribution in [0.1, 0.15) is 36.5 Å². The summed E-state index contributed by atoms with van der Waals surface area (Å²) in [4.78, 5) is 35.0. The largest absolute Gasteiger partial charge is 0.466 e. The van der Waals surface area contributed by atoms with E-state index in [0.29, 0.717) is 44.7 Å². The summed E-state index contributed by atoms with van der Waals surface area (Å²) in [7, 11) is 1.54. The third-order valence-corrected chi connectivity index (χ3v) is 4.47. The van der Waals surface area contributed by atoms with Crippen LogP contribution in [0.5, 0.6) is 0 Å². The minimum absolute atomic E-state index is 0.148. The number of rotatable bonds is 9. The first kappa shape index (κ1) is 20.6. The molecule has 0 spiro atoms. The number of nitrogens with one attached hydrogen (secondary N) is 2. The molecule has 0 bridgehead atoms. The van der Waals surface area contributed by atoms with Crippen LogP contribution in [0.15, 0.2) is 18.2 Å². The van der Waals surface area contributed by atoms with Crippen molar-refractivity contribution in [3.8, 4) is 0 Å². The number of nitro benzene ring substituents is 1. The van der Waals surface area contributed by atoms with Gasteiger partial charge in [0.25, 0.3) is 11.6 Å². The van der Waals surface area contributed by atoms with Gasteiger partial charge in [-0.15, -0.1) is 0 Å². The molecule has 2 N–H and O–H groups in total. The van der Waals surface area contributed by atoms with Gasteiger partial charge < -0.3 is 20.1 Å². The summed E-state index contributed by atoms with van der Waals surface area (Å²) in [6, 6.07) is 4.15. The summed E-state index contributed by atoms with van der Waals surface area (Å²) in [6.45, 7) is 2.91. The number of nitro groups is 1. The number of methoxy groups -OCH3 is 1. The van der Waals surface area contributed by atoms with Crippen molar-refractivity contribution >= 4 is 23.3 Å². The molecule has 0 aliphatic heterocycles. The van der Waals surface area contributed by atoms with E-state index in [1.54, 1.807) is 14.0 Å². The number of nitrogens with zero attached hydrogens (tertiary/aromatic N) is 1. The van der Waals surface area contributed by atoms with Crippen molar-refractivity contribution in [3.05, 3.63) is 33.9 Å². The SMILES string of the molecule is CCOC(=O)C1CCC(NC(=O)c2ccc(NCCOC)c([N+](=O)[O-])c2)C1. The fraction of sp³-hybridized carbons (Fsp3) is 0.556. The van der Waals surface area contributed by atoms with E-state index in [2.05, 4.69) is 10.6 Å². The molecule has 0 radical (unpaired) electrons. The Hall–Kier alpha value is -2.68. The Bertz CT molecular complexity index is 694. The van der Waals surface area contributed by atoms with Gasteiger partial charge in [0, 0.05) is 31.3 Å². The summed E-state index contributed by atoms with van der Waals surface area (Å²) >= 11 is 0. The van der Waals surface area contributed by atoms with Crippen LogP contribution in [0, 0.1) is 16.0 Å². The van der Waals surface area contributed by atoms with E-state index in [1.807, 2.05) is 0 Å². The van der Waals surface area contributed by atoms with Gasteiger partial charge in [-0.1, -0.05) is 0 Å². The van der Waals surface area contributed by atoms with Gasteiger partial charge in [0.05, 0.1) is 24.1 Å². The second-order valence-corrected chi connectivity index (χ2v) is 6.34. The van der Waals surface area contributed by atoms with Crippen LogP contribution in [0.25, 0.3) is 0 Å². The van der Waals surface area contributed by atoms with Crippen molar-refractivity contribution in [2.24, 2.45) is 5.92 Å². The van der Waals surface area contributed by atoms with Crippen molar-refractivity contribution in [1.82, 2.24) is 5.32 Å². The minimum Gasteiger partial charge on any atom is -0.466 e. The molecule has 2 rings (SSSR count). The molecule has 9 nitrogen and oxygen atoms in total. The molecule has 1 aliphatic rings. The molecule has 2 atom stereocenters. The number of amides is 1. The van der Waals surface area contributed by atoms with E-state index in [4.69, 9.17) is 9.47 Å². The van der Waals surface area contributed by atoms with Gasteiger partial charge in [-0.3, -0.25) is 19.7 Å². The van der Waals surface area contributed by atoms with Crippen LogP contribution in [-0.4, -0.2) is 49.7 Å². The van der Waals surface area contributed by atoms with Gasteiger partial charge >= 0.3 is 5.97 Å². The Morgan fingerprint density at radius 3 is 2.78 bits per heavy atom. The van der Waals surface area contributed by atoms with Gasteiger partial charge in [0.15, 0.2) is 0 Å². The standard InChI is InChI=1S/C18H25N3O6/c1-3-27-18(23)13-4-6-14(10-13)20-17(22)12-5-7-15(19-8-9-26-2)16(11-12)21(24)25/h5,7,11,13-14,19H,3-4,6,8-10H2,1-2H3,(H,20,22). The van der Waals surface area contributed by atoms with Crippen molar-refractivity contribution in [2.45, 2.75) is 32.2 Å². The van der Waals surface area contributed by atoms with Crippen LogP contribution < -0.4 is 10.6 Å². The molecular formula is C18H25N3O6. The number of anilines is 1. The summed E-state index contributed by atoms with van der Waals surface area (Å²) in [5, 5.41) is 17.1. The summed E-state index contributed by atoms with van der Waals surface area (Å²) < 4.78 is 9.93. The van der Waals surface area contributed by atoms with Crippen LogP contribution in [0.2, 0.25) is 0 Å². The Balaban J connectivity index is 2.01. The molecule has 0 saturated heterocycles. The molecular weight excluding hydrogens is 354 g/mol.